The van der Waals surface area contributed by atoms with E-state index in [1.54, 1.807) is 18.2 Å². The van der Waals surface area contributed by atoms with Crippen LogP contribution in [0.2, 0.25) is 10.0 Å². The van der Waals surface area contributed by atoms with Gasteiger partial charge in [-0.1, -0.05) is 29.3 Å². The summed E-state index contributed by atoms with van der Waals surface area (Å²) in [5.74, 6) is 0.0536. The van der Waals surface area contributed by atoms with Gasteiger partial charge in [0.1, 0.15) is 23.9 Å². The lowest BCUT2D eigenvalue weighted by Crippen LogP contribution is -2.02. The number of esters is 1. The van der Waals surface area contributed by atoms with Crippen LogP contribution in [0.3, 0.4) is 0 Å². The number of phenols is 1. The molecule has 0 unspecified atom stereocenters. The summed E-state index contributed by atoms with van der Waals surface area (Å²) < 4.78 is 10.4. The normalized spacial score (nSPS) is 10.2. The fraction of sp³-hybridized carbons (Fsp3) is 0.133. The van der Waals surface area contributed by atoms with Gasteiger partial charge in [0.05, 0.1) is 10.0 Å². The van der Waals surface area contributed by atoms with Gasteiger partial charge in [-0.2, -0.15) is 0 Å². The highest BCUT2D eigenvalue weighted by Gasteiger charge is 2.06. The van der Waals surface area contributed by atoms with Crippen molar-refractivity contribution < 1.29 is 19.4 Å². The fourth-order valence-corrected chi connectivity index (χ4v) is 1.98. The van der Waals surface area contributed by atoms with Crippen molar-refractivity contribution in [3.63, 3.8) is 0 Å². The van der Waals surface area contributed by atoms with E-state index in [-0.39, 0.29) is 18.1 Å². The number of hydrogen-bond donors (Lipinski definition) is 1. The average Bonchev–Trinajstić information content (AvgIpc) is 2.39. The molecular formula is C15H12Cl2O4. The molecule has 0 aliphatic carbocycles. The molecule has 4 nitrogen and oxygen atoms in total. The molecule has 2 aromatic carbocycles. The average molecular weight is 327 g/mol. The van der Waals surface area contributed by atoms with E-state index in [1.807, 2.05) is 0 Å². The third-order valence-electron chi connectivity index (χ3n) is 2.52. The van der Waals surface area contributed by atoms with Gasteiger partial charge in [0.2, 0.25) is 0 Å². The zero-order chi connectivity index (χ0) is 15.4. The Kier molecular flexibility index (Phi) is 4.94. The molecule has 0 saturated heterocycles. The number of ether oxygens (including phenoxy) is 2. The monoisotopic (exact) mass is 326 g/mol. The minimum Gasteiger partial charge on any atom is -0.508 e. The van der Waals surface area contributed by atoms with Crippen LogP contribution in [0, 0.1) is 0 Å². The summed E-state index contributed by atoms with van der Waals surface area (Å²) in [6.45, 7) is 1.51. The van der Waals surface area contributed by atoms with Crippen LogP contribution in [-0.2, 0) is 11.4 Å². The first-order valence-electron chi connectivity index (χ1n) is 6.03. The molecule has 0 aromatic heterocycles. The van der Waals surface area contributed by atoms with Gasteiger partial charge in [-0.15, -0.1) is 0 Å². The van der Waals surface area contributed by atoms with Crippen molar-refractivity contribution in [3.05, 3.63) is 52.0 Å². The quantitative estimate of drug-likeness (QED) is 0.675. The van der Waals surface area contributed by atoms with Crippen LogP contribution in [0.1, 0.15) is 12.5 Å². The molecule has 0 radical (unpaired) electrons. The Hall–Kier alpha value is -1.91. The van der Waals surface area contributed by atoms with E-state index in [0.29, 0.717) is 15.8 Å². The van der Waals surface area contributed by atoms with Crippen molar-refractivity contribution >= 4 is 29.2 Å². The molecule has 0 fully saturated rings. The van der Waals surface area contributed by atoms with E-state index in [0.717, 1.165) is 5.56 Å². The summed E-state index contributed by atoms with van der Waals surface area (Å²) in [6.07, 6.45) is 0. The topological polar surface area (TPSA) is 55.8 Å². The predicted octanol–water partition coefficient (Wildman–Crippen LogP) is 4.20. The Labute approximate surface area is 131 Å². The molecule has 1 N–H and O–H groups in total. The smallest absolute Gasteiger partial charge is 0.308 e. The number of rotatable bonds is 4. The maximum atomic E-state index is 10.9. The second-order valence-electron chi connectivity index (χ2n) is 4.29. The zero-order valence-corrected chi connectivity index (χ0v) is 12.6. The molecule has 0 saturated carbocycles. The molecule has 21 heavy (non-hydrogen) atoms. The van der Waals surface area contributed by atoms with Crippen molar-refractivity contribution in [2.45, 2.75) is 13.5 Å². The number of phenolic OH excluding ortho intramolecular Hbond substituents is 1. The molecule has 0 spiro atoms. The zero-order valence-electron chi connectivity index (χ0n) is 11.1. The van der Waals surface area contributed by atoms with E-state index in [1.165, 1.54) is 25.1 Å². The Morgan fingerprint density at radius 1 is 1.10 bits per heavy atom. The largest absolute Gasteiger partial charge is 0.508 e. The van der Waals surface area contributed by atoms with Gasteiger partial charge in [-0.05, 0) is 17.7 Å². The third-order valence-corrected chi connectivity index (χ3v) is 3.25. The van der Waals surface area contributed by atoms with Crippen molar-refractivity contribution in [1.29, 1.82) is 0 Å². The van der Waals surface area contributed by atoms with E-state index in [4.69, 9.17) is 32.7 Å². The van der Waals surface area contributed by atoms with Crippen molar-refractivity contribution in [2.75, 3.05) is 0 Å². The lowest BCUT2D eigenvalue weighted by atomic mass is 10.2. The maximum Gasteiger partial charge on any atom is 0.308 e. The molecule has 0 aliphatic rings. The number of halogens is 2. The number of aromatic hydroxyl groups is 1. The van der Waals surface area contributed by atoms with Gasteiger partial charge >= 0.3 is 5.97 Å². The van der Waals surface area contributed by atoms with E-state index in [9.17, 15) is 9.90 Å². The minimum atomic E-state index is -0.476. The van der Waals surface area contributed by atoms with Gasteiger partial charge < -0.3 is 14.6 Å². The van der Waals surface area contributed by atoms with Gasteiger partial charge in [-0.3, -0.25) is 4.79 Å². The van der Waals surface area contributed by atoms with E-state index < -0.39 is 5.97 Å². The van der Waals surface area contributed by atoms with Crippen LogP contribution in [0.4, 0.5) is 0 Å². The third kappa shape index (κ3) is 4.55. The van der Waals surface area contributed by atoms with Gasteiger partial charge in [-0.25, -0.2) is 0 Å². The van der Waals surface area contributed by atoms with E-state index in [2.05, 4.69) is 0 Å². The van der Waals surface area contributed by atoms with Crippen LogP contribution in [0.15, 0.2) is 36.4 Å². The predicted molar refractivity (Wildman–Crippen MR) is 80.2 cm³/mol. The molecule has 0 atom stereocenters. The van der Waals surface area contributed by atoms with Crippen LogP contribution in [-0.4, -0.2) is 11.1 Å². The van der Waals surface area contributed by atoms with Crippen LogP contribution < -0.4 is 9.47 Å². The first-order chi connectivity index (χ1) is 9.94. The van der Waals surface area contributed by atoms with E-state index >= 15 is 0 Å². The first kappa shape index (κ1) is 15.5. The van der Waals surface area contributed by atoms with Gasteiger partial charge in [0.15, 0.2) is 0 Å². The van der Waals surface area contributed by atoms with Gasteiger partial charge in [0, 0.05) is 25.1 Å². The fourth-order valence-electron chi connectivity index (χ4n) is 1.66. The Balaban J connectivity index is 2.10. The van der Waals surface area contributed by atoms with Crippen molar-refractivity contribution in [2.24, 2.45) is 0 Å². The number of benzene rings is 2. The molecule has 110 valence electrons. The second kappa shape index (κ2) is 6.70. The Morgan fingerprint density at radius 3 is 2.48 bits per heavy atom. The maximum absolute atomic E-state index is 10.9. The summed E-state index contributed by atoms with van der Waals surface area (Å²) >= 11 is 11.8. The summed E-state index contributed by atoms with van der Waals surface area (Å²) in [4.78, 5) is 10.9. The SMILES string of the molecule is CC(=O)Oc1cc(O)cc(OCc2ccc(Cl)c(Cl)c2)c1. The molecule has 0 heterocycles. The lowest BCUT2D eigenvalue weighted by molar-refractivity contribution is -0.131. The molecule has 0 amide bonds. The molecule has 6 heteroatoms. The van der Waals surface area contributed by atoms with Gasteiger partial charge in [0.25, 0.3) is 0 Å². The summed E-state index contributed by atoms with van der Waals surface area (Å²) in [5, 5.41) is 10.5. The minimum absolute atomic E-state index is 0.0575. The summed E-state index contributed by atoms with van der Waals surface area (Å²) in [7, 11) is 0. The summed E-state index contributed by atoms with van der Waals surface area (Å²) in [6, 6.07) is 9.41. The first-order valence-corrected chi connectivity index (χ1v) is 6.79. The number of carbonyl (C=O) groups is 1. The van der Waals surface area contributed by atoms with Crippen LogP contribution >= 0.6 is 23.2 Å². The molecule has 2 aromatic rings. The second-order valence-corrected chi connectivity index (χ2v) is 5.11. The Morgan fingerprint density at radius 2 is 1.81 bits per heavy atom. The highest BCUT2D eigenvalue weighted by atomic mass is 35.5. The van der Waals surface area contributed by atoms with Crippen LogP contribution in [0.25, 0.3) is 0 Å². The lowest BCUT2D eigenvalue weighted by Gasteiger charge is -2.09. The highest BCUT2D eigenvalue weighted by Crippen LogP contribution is 2.28. The molecular weight excluding hydrogens is 315 g/mol. The number of carbonyl (C=O) groups excluding carboxylic acids is 1. The highest BCUT2D eigenvalue weighted by molar-refractivity contribution is 6.42. The van der Waals surface area contributed by atoms with Crippen molar-refractivity contribution in [1.82, 2.24) is 0 Å². The van der Waals surface area contributed by atoms with Crippen LogP contribution in [0.5, 0.6) is 17.2 Å². The summed E-state index contributed by atoms with van der Waals surface area (Å²) in [5.41, 5.74) is 0.821. The Bertz CT molecular complexity index is 671. The molecule has 2 rings (SSSR count). The van der Waals surface area contributed by atoms with Crippen molar-refractivity contribution in [3.8, 4) is 17.2 Å². The number of hydrogen-bond acceptors (Lipinski definition) is 4. The standard InChI is InChI=1S/C15H12Cl2O4/c1-9(18)21-13-6-11(19)5-12(7-13)20-8-10-2-3-14(16)15(17)4-10/h2-7,19H,8H2,1H3. The molecule has 0 aliphatic heterocycles. The molecule has 0 bridgehead atoms.